The Morgan fingerprint density at radius 3 is 2.30 bits per heavy atom. The number of nitrogens with zero attached hydrogens (tertiary/aromatic N) is 2. The molecular weight excluding hydrogens is 490 g/mol. The third-order valence-electron chi connectivity index (χ3n) is 6.20. The van der Waals surface area contributed by atoms with Gasteiger partial charge in [-0.1, -0.05) is 62.2 Å². The number of hydrogen-bond acceptors (Lipinski definition) is 5. The lowest BCUT2D eigenvalue weighted by atomic mass is 10.1. The average molecular weight is 532 g/mol. The van der Waals surface area contributed by atoms with Crippen LogP contribution in [0.3, 0.4) is 0 Å². The molecule has 204 valence electrons. The third-order valence-corrected chi connectivity index (χ3v) is 7.37. The number of para-hydroxylation sites is 2. The van der Waals surface area contributed by atoms with Gasteiger partial charge in [-0.05, 0) is 43.9 Å². The topological polar surface area (TPSA) is 96.0 Å². The van der Waals surface area contributed by atoms with Crippen LogP contribution in [0.25, 0.3) is 0 Å². The lowest BCUT2D eigenvalue weighted by Crippen LogP contribution is -2.49. The largest absolute Gasteiger partial charge is 0.495 e. The molecule has 0 aliphatic heterocycles. The molecule has 0 saturated carbocycles. The highest BCUT2D eigenvalue weighted by atomic mass is 32.2. The number of benzene rings is 2. The zero-order valence-corrected chi connectivity index (χ0v) is 23.5. The van der Waals surface area contributed by atoms with Gasteiger partial charge in [0.1, 0.15) is 11.8 Å². The Hall–Kier alpha value is -3.07. The number of amides is 2. The second-order valence-electron chi connectivity index (χ2n) is 9.19. The lowest BCUT2D eigenvalue weighted by Gasteiger charge is -2.31. The van der Waals surface area contributed by atoms with E-state index in [2.05, 4.69) is 12.2 Å². The van der Waals surface area contributed by atoms with Gasteiger partial charge in [0.2, 0.25) is 21.8 Å². The maximum atomic E-state index is 13.5. The average Bonchev–Trinajstić information content (AvgIpc) is 2.87. The van der Waals surface area contributed by atoms with Crippen LogP contribution in [0.2, 0.25) is 0 Å². The molecule has 2 rings (SSSR count). The standard InChI is InChI=1S/C28H41N3O5S/c1-6-8-19-29-28(33)24(7-2)30(21-23-17-15-22(3)16-18-23)27(32)14-11-20-31(37(5,34)35)25-12-9-10-13-26(25)36-4/h9-10,12-13,15-18,24H,6-8,11,14,19-21H2,1-5H3,(H,29,33). The zero-order valence-electron chi connectivity index (χ0n) is 22.7. The van der Waals surface area contributed by atoms with Crippen LogP contribution in [0.1, 0.15) is 57.1 Å². The second kappa shape index (κ2) is 14.6. The molecule has 0 aliphatic carbocycles. The number of unbranched alkanes of at least 4 members (excludes halogenated alkanes) is 1. The van der Waals surface area contributed by atoms with E-state index in [-0.39, 0.29) is 24.8 Å². The molecule has 37 heavy (non-hydrogen) atoms. The van der Waals surface area contributed by atoms with Gasteiger partial charge in [-0.3, -0.25) is 13.9 Å². The molecule has 0 bridgehead atoms. The zero-order chi connectivity index (χ0) is 27.4. The van der Waals surface area contributed by atoms with Gasteiger partial charge in [-0.2, -0.15) is 0 Å². The molecule has 0 heterocycles. The van der Waals surface area contributed by atoms with Crippen LogP contribution in [0.15, 0.2) is 48.5 Å². The number of sulfonamides is 1. The fourth-order valence-electron chi connectivity index (χ4n) is 4.13. The van der Waals surface area contributed by atoms with Crippen molar-refractivity contribution >= 4 is 27.5 Å². The molecule has 2 amide bonds. The summed E-state index contributed by atoms with van der Waals surface area (Å²) in [6.07, 6.45) is 3.85. The monoisotopic (exact) mass is 531 g/mol. The van der Waals surface area contributed by atoms with E-state index in [4.69, 9.17) is 4.74 Å². The molecule has 0 fully saturated rings. The molecule has 2 aromatic carbocycles. The molecule has 0 aliphatic rings. The van der Waals surface area contributed by atoms with Crippen molar-refractivity contribution in [3.63, 3.8) is 0 Å². The van der Waals surface area contributed by atoms with Gasteiger partial charge < -0.3 is 15.0 Å². The van der Waals surface area contributed by atoms with E-state index in [0.29, 0.717) is 37.4 Å². The lowest BCUT2D eigenvalue weighted by molar-refractivity contribution is -0.141. The number of carbonyl (C=O) groups excluding carboxylic acids is 2. The van der Waals surface area contributed by atoms with Gasteiger partial charge in [0.25, 0.3) is 0 Å². The number of anilines is 1. The van der Waals surface area contributed by atoms with Gasteiger partial charge in [-0.15, -0.1) is 0 Å². The number of methoxy groups -OCH3 is 1. The smallest absolute Gasteiger partial charge is 0.242 e. The van der Waals surface area contributed by atoms with Crippen molar-refractivity contribution in [2.45, 2.75) is 65.5 Å². The summed E-state index contributed by atoms with van der Waals surface area (Å²) in [5.74, 6) is 0.0878. The Kier molecular flexibility index (Phi) is 11.9. The molecule has 1 unspecified atom stereocenters. The number of ether oxygens (including phenoxy) is 1. The predicted molar refractivity (Wildman–Crippen MR) is 148 cm³/mol. The van der Waals surface area contributed by atoms with E-state index in [1.165, 1.54) is 11.4 Å². The Balaban J connectivity index is 2.21. The van der Waals surface area contributed by atoms with Crippen molar-refractivity contribution in [2.24, 2.45) is 0 Å². The minimum absolute atomic E-state index is 0.103. The number of hydrogen-bond donors (Lipinski definition) is 1. The van der Waals surface area contributed by atoms with Crippen LogP contribution in [-0.2, 0) is 26.2 Å². The van der Waals surface area contributed by atoms with Crippen molar-refractivity contribution in [3.05, 3.63) is 59.7 Å². The SMILES string of the molecule is CCCCNC(=O)C(CC)N(Cc1ccc(C)cc1)C(=O)CCCN(c1ccccc1OC)S(C)(=O)=O. The molecule has 0 aromatic heterocycles. The van der Waals surface area contributed by atoms with Gasteiger partial charge in [0, 0.05) is 26.1 Å². The Labute approximate surface area is 222 Å². The van der Waals surface area contributed by atoms with Gasteiger partial charge >= 0.3 is 0 Å². The molecule has 0 saturated heterocycles. The first-order valence-electron chi connectivity index (χ1n) is 12.9. The van der Waals surface area contributed by atoms with Crippen LogP contribution in [0.5, 0.6) is 5.75 Å². The molecule has 2 aromatic rings. The van der Waals surface area contributed by atoms with E-state index < -0.39 is 16.1 Å². The van der Waals surface area contributed by atoms with Crippen molar-refractivity contribution in [1.82, 2.24) is 10.2 Å². The highest BCUT2D eigenvalue weighted by Gasteiger charge is 2.29. The number of aryl methyl sites for hydroxylation is 1. The molecule has 9 heteroatoms. The Bertz CT molecular complexity index is 1120. The maximum Gasteiger partial charge on any atom is 0.242 e. The fraction of sp³-hybridized carbons (Fsp3) is 0.500. The van der Waals surface area contributed by atoms with E-state index in [1.54, 1.807) is 29.2 Å². The second-order valence-corrected chi connectivity index (χ2v) is 11.1. The quantitative estimate of drug-likeness (QED) is 0.346. The van der Waals surface area contributed by atoms with Crippen molar-refractivity contribution in [1.29, 1.82) is 0 Å². The summed E-state index contributed by atoms with van der Waals surface area (Å²) < 4.78 is 31.7. The Morgan fingerprint density at radius 2 is 1.70 bits per heavy atom. The molecular formula is C28H41N3O5S. The van der Waals surface area contributed by atoms with Gasteiger partial charge in [0.05, 0.1) is 19.1 Å². The Morgan fingerprint density at radius 1 is 1.03 bits per heavy atom. The predicted octanol–water partition coefficient (Wildman–Crippen LogP) is 4.27. The molecule has 8 nitrogen and oxygen atoms in total. The van der Waals surface area contributed by atoms with Crippen LogP contribution < -0.4 is 14.4 Å². The van der Waals surface area contributed by atoms with Crippen LogP contribution in [0.4, 0.5) is 5.69 Å². The molecule has 0 radical (unpaired) electrons. The first-order valence-corrected chi connectivity index (χ1v) is 14.7. The van der Waals surface area contributed by atoms with E-state index in [0.717, 1.165) is 30.2 Å². The van der Waals surface area contributed by atoms with Crippen LogP contribution >= 0.6 is 0 Å². The summed E-state index contributed by atoms with van der Waals surface area (Å²) in [7, 11) is -2.12. The van der Waals surface area contributed by atoms with Crippen molar-refractivity contribution in [3.8, 4) is 5.75 Å². The normalized spacial score (nSPS) is 12.0. The number of rotatable bonds is 15. The van der Waals surface area contributed by atoms with E-state index in [9.17, 15) is 18.0 Å². The maximum absolute atomic E-state index is 13.5. The van der Waals surface area contributed by atoms with Gasteiger partial charge in [-0.25, -0.2) is 8.42 Å². The highest BCUT2D eigenvalue weighted by molar-refractivity contribution is 7.92. The minimum atomic E-state index is -3.60. The molecule has 1 atom stereocenters. The summed E-state index contributed by atoms with van der Waals surface area (Å²) in [6.45, 7) is 6.94. The van der Waals surface area contributed by atoms with Gasteiger partial charge in [0.15, 0.2) is 0 Å². The highest BCUT2D eigenvalue weighted by Crippen LogP contribution is 2.29. The fourth-order valence-corrected chi connectivity index (χ4v) is 5.10. The first-order chi connectivity index (χ1) is 17.6. The van der Waals surface area contributed by atoms with Crippen LogP contribution in [0, 0.1) is 6.92 Å². The summed E-state index contributed by atoms with van der Waals surface area (Å²) in [5, 5.41) is 2.96. The summed E-state index contributed by atoms with van der Waals surface area (Å²) in [6, 6.07) is 14.2. The molecule has 0 spiro atoms. The minimum Gasteiger partial charge on any atom is -0.495 e. The molecule has 1 N–H and O–H groups in total. The summed E-state index contributed by atoms with van der Waals surface area (Å²) in [4.78, 5) is 28.1. The summed E-state index contributed by atoms with van der Waals surface area (Å²) in [5.41, 5.74) is 2.48. The van der Waals surface area contributed by atoms with Crippen molar-refractivity contribution < 1.29 is 22.7 Å². The van der Waals surface area contributed by atoms with Crippen LogP contribution in [-0.4, -0.2) is 57.6 Å². The summed E-state index contributed by atoms with van der Waals surface area (Å²) >= 11 is 0. The van der Waals surface area contributed by atoms with E-state index in [1.807, 2.05) is 38.1 Å². The third kappa shape index (κ3) is 9.07. The van der Waals surface area contributed by atoms with Crippen molar-refractivity contribution in [2.75, 3.05) is 30.8 Å². The first kappa shape index (κ1) is 30.2. The van der Waals surface area contributed by atoms with E-state index >= 15 is 0 Å². The number of nitrogens with one attached hydrogen (secondary N) is 1. The number of carbonyl (C=O) groups is 2.